The fourth-order valence-electron chi connectivity index (χ4n) is 2.03. The third kappa shape index (κ3) is 3.31. The first kappa shape index (κ1) is 14.9. The fraction of sp³-hybridized carbons (Fsp3) is 0.250. The van der Waals surface area contributed by atoms with E-state index in [4.69, 9.17) is 4.74 Å². The molecule has 0 aromatic heterocycles. The number of aryl methyl sites for hydroxylation is 1. The minimum Gasteiger partial charge on any atom is -0.497 e. The number of methoxy groups -OCH3 is 1. The van der Waals surface area contributed by atoms with Crippen LogP contribution in [-0.2, 0) is 0 Å². The Hall–Kier alpha value is -1.55. The lowest BCUT2D eigenvalue weighted by Gasteiger charge is -2.18. The molecule has 0 heterocycles. The van der Waals surface area contributed by atoms with Crippen molar-refractivity contribution in [1.82, 2.24) is 0 Å². The van der Waals surface area contributed by atoms with Crippen molar-refractivity contribution in [2.45, 2.75) is 19.9 Å². The molecule has 4 heteroatoms. The largest absolute Gasteiger partial charge is 0.497 e. The van der Waals surface area contributed by atoms with Gasteiger partial charge in [-0.05, 0) is 65.2 Å². The number of rotatable bonds is 4. The van der Waals surface area contributed by atoms with Crippen molar-refractivity contribution in [3.05, 3.63) is 57.8 Å². The van der Waals surface area contributed by atoms with Crippen molar-refractivity contribution in [2.24, 2.45) is 0 Å². The average molecular weight is 338 g/mol. The highest BCUT2D eigenvalue weighted by molar-refractivity contribution is 9.10. The SMILES string of the molecule is COc1cccc(C(C)Nc2cc(F)c(Br)cc2C)c1. The van der Waals surface area contributed by atoms with Gasteiger partial charge in [-0.25, -0.2) is 4.39 Å². The van der Waals surface area contributed by atoms with Crippen molar-refractivity contribution in [1.29, 1.82) is 0 Å². The van der Waals surface area contributed by atoms with E-state index >= 15 is 0 Å². The van der Waals surface area contributed by atoms with E-state index in [0.717, 1.165) is 22.6 Å². The van der Waals surface area contributed by atoms with Crippen molar-refractivity contribution in [3.8, 4) is 5.75 Å². The summed E-state index contributed by atoms with van der Waals surface area (Å²) in [6.07, 6.45) is 0. The molecule has 0 fully saturated rings. The second-order valence-corrected chi connectivity index (χ2v) is 5.58. The molecular weight excluding hydrogens is 321 g/mol. The molecule has 2 aromatic rings. The summed E-state index contributed by atoms with van der Waals surface area (Å²) in [6.45, 7) is 3.99. The van der Waals surface area contributed by atoms with Gasteiger partial charge in [0.2, 0.25) is 0 Å². The summed E-state index contributed by atoms with van der Waals surface area (Å²) in [5.41, 5.74) is 2.88. The van der Waals surface area contributed by atoms with Gasteiger partial charge in [-0.1, -0.05) is 12.1 Å². The van der Waals surface area contributed by atoms with Crippen molar-refractivity contribution < 1.29 is 9.13 Å². The third-order valence-corrected chi connectivity index (χ3v) is 3.84. The Kier molecular flexibility index (Phi) is 4.65. The van der Waals surface area contributed by atoms with Gasteiger partial charge in [-0.15, -0.1) is 0 Å². The predicted octanol–water partition coefficient (Wildman–Crippen LogP) is 5.08. The number of anilines is 1. The first-order valence-corrected chi connectivity index (χ1v) is 7.16. The molecule has 20 heavy (non-hydrogen) atoms. The van der Waals surface area contributed by atoms with Crippen LogP contribution in [0.2, 0.25) is 0 Å². The van der Waals surface area contributed by atoms with E-state index in [0.29, 0.717) is 4.47 Å². The normalized spacial score (nSPS) is 12.1. The van der Waals surface area contributed by atoms with E-state index in [1.807, 2.05) is 38.1 Å². The molecule has 0 spiro atoms. The molecule has 0 amide bonds. The molecule has 2 aromatic carbocycles. The minimum atomic E-state index is -0.268. The van der Waals surface area contributed by atoms with Crippen molar-refractivity contribution in [3.63, 3.8) is 0 Å². The van der Waals surface area contributed by atoms with Gasteiger partial charge in [0.25, 0.3) is 0 Å². The Morgan fingerprint density at radius 2 is 2.00 bits per heavy atom. The number of hydrogen-bond acceptors (Lipinski definition) is 2. The summed E-state index contributed by atoms with van der Waals surface area (Å²) in [6, 6.07) is 11.2. The minimum absolute atomic E-state index is 0.0596. The van der Waals surface area contributed by atoms with E-state index in [1.165, 1.54) is 6.07 Å². The maximum Gasteiger partial charge on any atom is 0.139 e. The zero-order valence-corrected chi connectivity index (χ0v) is 13.3. The molecule has 0 aliphatic heterocycles. The molecule has 1 atom stereocenters. The molecule has 0 bridgehead atoms. The second kappa shape index (κ2) is 6.27. The van der Waals surface area contributed by atoms with Gasteiger partial charge in [0.1, 0.15) is 11.6 Å². The summed E-state index contributed by atoms with van der Waals surface area (Å²) < 4.78 is 19.3. The number of halogens is 2. The van der Waals surface area contributed by atoms with Crippen molar-refractivity contribution in [2.75, 3.05) is 12.4 Å². The van der Waals surface area contributed by atoms with Crippen LogP contribution in [0.5, 0.6) is 5.75 Å². The van der Waals surface area contributed by atoms with Crippen LogP contribution in [0.15, 0.2) is 40.9 Å². The second-order valence-electron chi connectivity index (χ2n) is 4.72. The van der Waals surface area contributed by atoms with Gasteiger partial charge in [0.05, 0.1) is 11.6 Å². The molecule has 0 saturated heterocycles. The molecule has 0 aliphatic carbocycles. The zero-order chi connectivity index (χ0) is 14.7. The predicted molar refractivity (Wildman–Crippen MR) is 83.9 cm³/mol. The Bertz CT molecular complexity index is 615. The Balaban J connectivity index is 2.23. The monoisotopic (exact) mass is 337 g/mol. The topological polar surface area (TPSA) is 21.3 Å². The molecule has 106 valence electrons. The van der Waals surface area contributed by atoms with Crippen LogP contribution in [-0.4, -0.2) is 7.11 Å². The summed E-state index contributed by atoms with van der Waals surface area (Å²) >= 11 is 3.19. The Morgan fingerprint density at radius 3 is 2.70 bits per heavy atom. The zero-order valence-electron chi connectivity index (χ0n) is 11.7. The lowest BCUT2D eigenvalue weighted by molar-refractivity contribution is 0.414. The van der Waals surface area contributed by atoms with Gasteiger partial charge in [0, 0.05) is 11.7 Å². The number of benzene rings is 2. The fourth-order valence-corrected chi connectivity index (χ4v) is 2.49. The molecule has 0 aliphatic rings. The highest BCUT2D eigenvalue weighted by Crippen LogP contribution is 2.28. The molecular formula is C16H17BrFNO. The van der Waals surface area contributed by atoms with Crippen LogP contribution < -0.4 is 10.1 Å². The summed E-state index contributed by atoms with van der Waals surface area (Å²) in [4.78, 5) is 0. The van der Waals surface area contributed by atoms with E-state index < -0.39 is 0 Å². The molecule has 0 saturated carbocycles. The smallest absolute Gasteiger partial charge is 0.139 e. The first-order valence-electron chi connectivity index (χ1n) is 6.37. The van der Waals surface area contributed by atoms with Gasteiger partial charge >= 0.3 is 0 Å². The lowest BCUT2D eigenvalue weighted by atomic mass is 10.1. The summed E-state index contributed by atoms with van der Waals surface area (Å²) in [7, 11) is 1.64. The quantitative estimate of drug-likeness (QED) is 0.840. The lowest BCUT2D eigenvalue weighted by Crippen LogP contribution is -2.08. The maximum absolute atomic E-state index is 13.6. The van der Waals surface area contributed by atoms with Crippen LogP contribution in [0.1, 0.15) is 24.1 Å². The van der Waals surface area contributed by atoms with Gasteiger partial charge in [0.15, 0.2) is 0 Å². The first-order chi connectivity index (χ1) is 9.51. The van der Waals surface area contributed by atoms with Gasteiger partial charge in [-0.2, -0.15) is 0 Å². The molecule has 1 N–H and O–H groups in total. The number of ether oxygens (including phenoxy) is 1. The standard InChI is InChI=1S/C16H17BrFNO/c1-10-7-14(17)15(18)9-16(10)19-11(2)12-5-4-6-13(8-12)20-3/h4-9,11,19H,1-3H3. The molecule has 0 radical (unpaired) electrons. The van der Waals surface area contributed by atoms with E-state index in [-0.39, 0.29) is 11.9 Å². The molecule has 2 nitrogen and oxygen atoms in total. The van der Waals surface area contributed by atoms with Crippen LogP contribution in [0.3, 0.4) is 0 Å². The third-order valence-electron chi connectivity index (χ3n) is 3.23. The van der Waals surface area contributed by atoms with Gasteiger partial charge in [-0.3, -0.25) is 0 Å². The molecule has 2 rings (SSSR count). The van der Waals surface area contributed by atoms with Gasteiger partial charge < -0.3 is 10.1 Å². The van der Waals surface area contributed by atoms with E-state index in [2.05, 4.69) is 21.2 Å². The maximum atomic E-state index is 13.6. The Labute approximate surface area is 127 Å². The average Bonchev–Trinajstić information content (AvgIpc) is 2.44. The van der Waals surface area contributed by atoms with Crippen LogP contribution >= 0.6 is 15.9 Å². The highest BCUT2D eigenvalue weighted by atomic mass is 79.9. The van der Waals surface area contributed by atoms with Crippen LogP contribution in [0.4, 0.5) is 10.1 Å². The van der Waals surface area contributed by atoms with E-state index in [9.17, 15) is 4.39 Å². The van der Waals surface area contributed by atoms with Crippen LogP contribution in [0, 0.1) is 12.7 Å². The van der Waals surface area contributed by atoms with Crippen molar-refractivity contribution >= 4 is 21.6 Å². The Morgan fingerprint density at radius 1 is 1.25 bits per heavy atom. The van der Waals surface area contributed by atoms with Crippen LogP contribution in [0.25, 0.3) is 0 Å². The number of hydrogen-bond donors (Lipinski definition) is 1. The molecule has 1 unspecified atom stereocenters. The van der Waals surface area contributed by atoms with E-state index in [1.54, 1.807) is 13.2 Å². The highest BCUT2D eigenvalue weighted by Gasteiger charge is 2.10. The summed E-state index contributed by atoms with van der Waals surface area (Å²) in [5, 5.41) is 3.33. The summed E-state index contributed by atoms with van der Waals surface area (Å²) in [5.74, 6) is 0.547. The number of nitrogens with one attached hydrogen (secondary N) is 1.